The van der Waals surface area contributed by atoms with Crippen LogP contribution >= 0.6 is 11.8 Å². The Hall–Kier alpha value is -2.64. The quantitative estimate of drug-likeness (QED) is 0.760. The van der Waals surface area contributed by atoms with Crippen LogP contribution in [0, 0.1) is 0 Å². The maximum atomic E-state index is 11.5. The molecule has 0 bridgehead atoms. The number of imide groups is 1. The first-order valence-electron chi connectivity index (χ1n) is 8.15. The summed E-state index contributed by atoms with van der Waals surface area (Å²) in [6, 6.07) is 10.8. The topological polar surface area (TPSA) is 88.5 Å². The van der Waals surface area contributed by atoms with Crippen molar-refractivity contribution < 1.29 is 19.4 Å². The van der Waals surface area contributed by atoms with Gasteiger partial charge in [0.1, 0.15) is 18.5 Å². The van der Waals surface area contributed by atoms with Crippen molar-refractivity contribution in [2.75, 3.05) is 6.61 Å². The van der Waals surface area contributed by atoms with E-state index in [2.05, 4.69) is 10.3 Å². The molecular formula is C19H18N2O4S. The molecule has 1 fully saturated rings. The van der Waals surface area contributed by atoms with Crippen LogP contribution in [0.2, 0.25) is 0 Å². The first kappa shape index (κ1) is 18.2. The number of aliphatic hydroxyl groups excluding tert-OH is 1. The van der Waals surface area contributed by atoms with E-state index in [4.69, 9.17) is 4.74 Å². The molecule has 134 valence electrons. The number of nitrogens with one attached hydrogen (secondary N) is 1. The average Bonchev–Trinajstić information content (AvgIpc) is 2.98. The van der Waals surface area contributed by atoms with E-state index in [-0.39, 0.29) is 17.8 Å². The number of nitrogens with zero attached hydrogens (tertiary/aromatic N) is 1. The van der Waals surface area contributed by atoms with Crippen LogP contribution in [0.3, 0.4) is 0 Å². The van der Waals surface area contributed by atoms with E-state index in [1.807, 2.05) is 13.0 Å². The lowest BCUT2D eigenvalue weighted by Crippen LogP contribution is -2.17. The molecule has 3 rings (SSSR count). The van der Waals surface area contributed by atoms with Crippen molar-refractivity contribution in [3.8, 4) is 5.75 Å². The smallest absolute Gasteiger partial charge is 0.290 e. The molecule has 2 heterocycles. The molecule has 1 atom stereocenters. The van der Waals surface area contributed by atoms with E-state index in [9.17, 15) is 14.7 Å². The average molecular weight is 370 g/mol. The molecule has 0 spiro atoms. The first-order chi connectivity index (χ1) is 12.5. The van der Waals surface area contributed by atoms with Crippen LogP contribution in [0.5, 0.6) is 5.75 Å². The van der Waals surface area contributed by atoms with Crippen LogP contribution in [0.4, 0.5) is 4.79 Å². The highest BCUT2D eigenvalue weighted by Crippen LogP contribution is 2.26. The van der Waals surface area contributed by atoms with Crippen molar-refractivity contribution in [3.63, 3.8) is 0 Å². The summed E-state index contributed by atoms with van der Waals surface area (Å²) in [6.45, 7) is 2.14. The van der Waals surface area contributed by atoms with Gasteiger partial charge in [-0.25, -0.2) is 0 Å². The fraction of sp³-hybridized carbons (Fsp3) is 0.211. The Labute approximate surface area is 155 Å². The van der Waals surface area contributed by atoms with Gasteiger partial charge in [-0.3, -0.25) is 19.9 Å². The van der Waals surface area contributed by atoms with Crippen LogP contribution in [0.25, 0.3) is 6.08 Å². The van der Waals surface area contributed by atoms with Crippen LogP contribution in [-0.4, -0.2) is 27.8 Å². The lowest BCUT2D eigenvalue weighted by Gasteiger charge is -2.12. The summed E-state index contributed by atoms with van der Waals surface area (Å²) in [7, 11) is 0. The van der Waals surface area contributed by atoms with Gasteiger partial charge in [0.15, 0.2) is 0 Å². The van der Waals surface area contributed by atoms with Crippen LogP contribution in [0.15, 0.2) is 47.5 Å². The Kier molecular flexibility index (Phi) is 5.70. The molecule has 2 aromatic rings. The van der Waals surface area contributed by atoms with Gasteiger partial charge in [-0.2, -0.15) is 0 Å². The molecule has 1 saturated heterocycles. The van der Waals surface area contributed by atoms with Gasteiger partial charge in [-0.15, -0.1) is 0 Å². The van der Waals surface area contributed by atoms with E-state index < -0.39 is 6.10 Å². The van der Waals surface area contributed by atoms with E-state index >= 15 is 0 Å². The Morgan fingerprint density at radius 3 is 2.58 bits per heavy atom. The van der Waals surface area contributed by atoms with Crippen molar-refractivity contribution in [3.05, 3.63) is 64.3 Å². The molecule has 7 heteroatoms. The van der Waals surface area contributed by atoms with Crippen LogP contribution in [0.1, 0.15) is 29.8 Å². The third-order valence-electron chi connectivity index (χ3n) is 3.83. The minimum atomic E-state index is -0.813. The van der Waals surface area contributed by atoms with Crippen LogP contribution < -0.4 is 10.1 Å². The predicted octanol–water partition coefficient (Wildman–Crippen LogP) is 3.08. The highest BCUT2D eigenvalue weighted by Gasteiger charge is 2.24. The third-order valence-corrected chi connectivity index (χ3v) is 4.64. The second-order valence-electron chi connectivity index (χ2n) is 5.69. The molecule has 0 saturated carbocycles. The van der Waals surface area contributed by atoms with Gasteiger partial charge in [0.25, 0.3) is 11.1 Å². The number of ether oxygens (including phenoxy) is 1. The normalized spacial score (nSPS) is 16.6. The Bertz CT molecular complexity index is 832. The molecule has 1 aromatic heterocycles. The summed E-state index contributed by atoms with van der Waals surface area (Å²) in [5.41, 5.74) is 2.46. The number of carbonyl (C=O) groups excluding carboxylic acids is 2. The van der Waals surface area contributed by atoms with Crippen molar-refractivity contribution in [1.29, 1.82) is 0 Å². The number of aliphatic hydroxyl groups is 1. The molecule has 2 N–H and O–H groups in total. The molecule has 0 radical (unpaired) electrons. The zero-order valence-electron chi connectivity index (χ0n) is 14.1. The Balaban J connectivity index is 1.58. The molecule has 2 amide bonds. The minimum absolute atomic E-state index is 0.0890. The number of amides is 2. The largest absolute Gasteiger partial charge is 0.490 e. The zero-order chi connectivity index (χ0) is 18.5. The molecular weight excluding hydrogens is 352 g/mol. The van der Waals surface area contributed by atoms with E-state index in [0.717, 1.165) is 29.3 Å². The monoisotopic (exact) mass is 370 g/mol. The molecule has 6 nitrogen and oxygen atoms in total. The van der Waals surface area contributed by atoms with Gasteiger partial charge in [0, 0.05) is 6.20 Å². The molecule has 1 aliphatic heterocycles. The molecule has 1 aromatic carbocycles. The molecule has 1 unspecified atom stereocenters. The van der Waals surface area contributed by atoms with Gasteiger partial charge in [0.05, 0.1) is 10.6 Å². The fourth-order valence-electron chi connectivity index (χ4n) is 2.34. The number of hydrogen-bond donors (Lipinski definition) is 2. The minimum Gasteiger partial charge on any atom is -0.490 e. The van der Waals surface area contributed by atoms with Crippen molar-refractivity contribution in [2.45, 2.75) is 19.4 Å². The summed E-state index contributed by atoms with van der Waals surface area (Å²) < 4.78 is 5.59. The fourth-order valence-corrected chi connectivity index (χ4v) is 3.02. The second-order valence-corrected chi connectivity index (χ2v) is 6.71. The van der Waals surface area contributed by atoms with Crippen molar-refractivity contribution in [1.82, 2.24) is 10.3 Å². The number of aryl methyl sites for hydroxylation is 1. The van der Waals surface area contributed by atoms with Crippen molar-refractivity contribution >= 4 is 29.0 Å². The number of pyridine rings is 1. The molecule has 1 aliphatic rings. The number of hydrogen-bond acceptors (Lipinski definition) is 6. The maximum Gasteiger partial charge on any atom is 0.290 e. The number of thioether (sulfide) groups is 1. The number of aromatic nitrogens is 1. The zero-order valence-corrected chi connectivity index (χ0v) is 15.0. The van der Waals surface area contributed by atoms with Crippen molar-refractivity contribution in [2.24, 2.45) is 0 Å². The summed E-state index contributed by atoms with van der Waals surface area (Å²) in [4.78, 5) is 27.3. The standard InChI is InChI=1S/C19H18N2O4S/c1-2-12-5-8-15(20-10-12)16(22)11-25-14-6-3-13(4-7-14)9-17-18(23)21-19(24)26-17/h3-10,16,22H,2,11H2,1H3,(H,21,23,24)/b17-9-. The van der Waals surface area contributed by atoms with E-state index in [1.165, 1.54) is 0 Å². The Morgan fingerprint density at radius 1 is 1.23 bits per heavy atom. The van der Waals surface area contributed by atoms with Gasteiger partial charge in [-0.1, -0.05) is 25.1 Å². The van der Waals surface area contributed by atoms with Gasteiger partial charge in [0.2, 0.25) is 0 Å². The first-order valence-corrected chi connectivity index (χ1v) is 8.97. The summed E-state index contributed by atoms with van der Waals surface area (Å²) in [5, 5.41) is 12.0. The molecule has 0 aliphatic carbocycles. The Morgan fingerprint density at radius 2 is 2.00 bits per heavy atom. The second kappa shape index (κ2) is 8.16. The van der Waals surface area contributed by atoms with E-state index in [1.54, 1.807) is 42.6 Å². The number of rotatable bonds is 6. The third kappa shape index (κ3) is 4.50. The SMILES string of the molecule is CCc1ccc(C(O)COc2ccc(/C=C3\SC(=O)NC3=O)cc2)nc1. The lowest BCUT2D eigenvalue weighted by molar-refractivity contribution is -0.115. The highest BCUT2D eigenvalue weighted by molar-refractivity contribution is 8.18. The summed E-state index contributed by atoms with van der Waals surface area (Å²) in [5.74, 6) is 0.209. The highest BCUT2D eigenvalue weighted by atomic mass is 32.2. The van der Waals surface area contributed by atoms with Gasteiger partial charge in [-0.05, 0) is 53.6 Å². The number of carbonyl (C=O) groups is 2. The predicted molar refractivity (Wildman–Crippen MR) is 99.6 cm³/mol. The van der Waals surface area contributed by atoms with E-state index in [0.29, 0.717) is 16.3 Å². The van der Waals surface area contributed by atoms with Gasteiger partial charge < -0.3 is 9.84 Å². The van der Waals surface area contributed by atoms with Crippen LogP contribution in [-0.2, 0) is 11.2 Å². The summed E-state index contributed by atoms with van der Waals surface area (Å²) in [6.07, 6.45) is 3.48. The lowest BCUT2D eigenvalue weighted by atomic mass is 10.1. The number of benzene rings is 1. The summed E-state index contributed by atoms with van der Waals surface area (Å²) >= 11 is 0.877. The van der Waals surface area contributed by atoms with Gasteiger partial charge >= 0.3 is 0 Å². The maximum absolute atomic E-state index is 11.5. The molecule has 26 heavy (non-hydrogen) atoms.